The molecule has 3 aromatic rings. The summed E-state index contributed by atoms with van der Waals surface area (Å²) in [5.41, 5.74) is 0.507. The number of carbonyl (C=O) groups excluding carboxylic acids is 1. The Morgan fingerprint density at radius 2 is 1.85 bits per heavy atom. The van der Waals surface area contributed by atoms with Gasteiger partial charge in [-0.25, -0.2) is 0 Å². The maximum absolute atomic E-state index is 13.3. The van der Waals surface area contributed by atoms with Crippen LogP contribution in [0.25, 0.3) is 22.1 Å². The lowest BCUT2D eigenvalue weighted by molar-refractivity contribution is -0.136. The van der Waals surface area contributed by atoms with Crippen molar-refractivity contribution in [2.45, 2.75) is 18.0 Å². The van der Waals surface area contributed by atoms with Crippen molar-refractivity contribution in [3.05, 3.63) is 59.9 Å². The second kappa shape index (κ2) is 6.60. The average molecular weight is 394 g/mol. The third kappa shape index (κ3) is 3.41. The Labute approximate surface area is 158 Å². The Balaban J connectivity index is 1.67. The fourth-order valence-electron chi connectivity index (χ4n) is 3.35. The molecular weight excluding hydrogens is 379 g/mol. The zero-order valence-electron chi connectivity index (χ0n) is 14.1. The van der Waals surface area contributed by atoms with Crippen LogP contribution in [0.2, 0.25) is 0 Å². The van der Waals surface area contributed by atoms with Gasteiger partial charge in [0.2, 0.25) is 0 Å². The molecule has 0 N–H and O–H groups in total. The predicted octanol–water partition coefficient (Wildman–Crippen LogP) is 5.57. The number of alkyl halides is 4. The normalized spacial score (nSPS) is 17.6. The number of fused-ring (bicyclic) bond motifs is 1. The molecule has 1 aliphatic heterocycles. The molecule has 1 aromatic heterocycles. The molecule has 1 atom stereocenters. The van der Waals surface area contributed by atoms with E-state index < -0.39 is 11.7 Å². The molecule has 140 valence electrons. The van der Waals surface area contributed by atoms with Crippen LogP contribution in [0.4, 0.5) is 13.2 Å². The maximum atomic E-state index is 13.3. The molecule has 0 aliphatic carbocycles. The number of hydrogen-bond donors (Lipinski definition) is 0. The van der Waals surface area contributed by atoms with Gasteiger partial charge in [0, 0.05) is 24.0 Å². The summed E-state index contributed by atoms with van der Waals surface area (Å²) < 4.78 is 45.0. The van der Waals surface area contributed by atoms with Crippen LogP contribution in [0.3, 0.4) is 0 Å². The minimum atomic E-state index is -4.52. The molecule has 1 aliphatic rings. The first kappa shape index (κ1) is 17.9. The van der Waals surface area contributed by atoms with E-state index in [1.165, 1.54) is 12.3 Å². The van der Waals surface area contributed by atoms with Crippen LogP contribution >= 0.6 is 11.6 Å². The third-order valence-corrected chi connectivity index (χ3v) is 5.10. The lowest BCUT2D eigenvalue weighted by Gasteiger charge is -2.16. The maximum Gasteiger partial charge on any atom is 0.420 e. The summed E-state index contributed by atoms with van der Waals surface area (Å²) in [7, 11) is 0. The highest BCUT2D eigenvalue weighted by Crippen LogP contribution is 2.38. The van der Waals surface area contributed by atoms with Crippen molar-refractivity contribution >= 4 is 28.5 Å². The van der Waals surface area contributed by atoms with Gasteiger partial charge in [-0.2, -0.15) is 13.2 Å². The van der Waals surface area contributed by atoms with E-state index in [9.17, 15) is 18.0 Å². The number of hydrogen-bond acceptors (Lipinski definition) is 2. The zero-order chi connectivity index (χ0) is 19.2. The number of likely N-dealkylation sites (tertiary alicyclic amines) is 1. The van der Waals surface area contributed by atoms with Crippen LogP contribution in [0.5, 0.6) is 0 Å². The van der Waals surface area contributed by atoms with E-state index in [1.807, 2.05) is 0 Å². The van der Waals surface area contributed by atoms with Crippen LogP contribution in [0.15, 0.2) is 53.1 Å². The SMILES string of the molecule is O=C(c1ccc(-c2cc(C(F)(F)F)c3occc3c2)cc1)N1CCC(Cl)C1. The summed E-state index contributed by atoms with van der Waals surface area (Å²) in [5.74, 6) is -0.119. The molecule has 27 heavy (non-hydrogen) atoms. The minimum absolute atomic E-state index is 0.0318. The highest BCUT2D eigenvalue weighted by atomic mass is 35.5. The Morgan fingerprint density at radius 1 is 1.11 bits per heavy atom. The monoisotopic (exact) mass is 393 g/mol. The Kier molecular flexibility index (Phi) is 4.38. The second-order valence-electron chi connectivity index (χ2n) is 6.57. The summed E-state index contributed by atoms with van der Waals surface area (Å²) in [4.78, 5) is 14.2. The number of halogens is 4. The second-order valence-corrected chi connectivity index (χ2v) is 7.19. The van der Waals surface area contributed by atoms with Crippen LogP contribution in [-0.4, -0.2) is 29.3 Å². The van der Waals surface area contributed by atoms with Gasteiger partial charge in [-0.15, -0.1) is 11.6 Å². The molecule has 0 saturated carbocycles. The number of benzene rings is 2. The van der Waals surface area contributed by atoms with Crippen molar-refractivity contribution in [1.29, 1.82) is 0 Å². The van der Waals surface area contributed by atoms with Gasteiger partial charge in [0.1, 0.15) is 5.58 Å². The van der Waals surface area contributed by atoms with Gasteiger partial charge >= 0.3 is 6.18 Å². The molecular formula is C20H15ClF3NO2. The molecule has 1 fully saturated rings. The molecule has 1 saturated heterocycles. The highest BCUT2D eigenvalue weighted by Gasteiger charge is 2.34. The standard InChI is InChI=1S/C20H15ClF3NO2/c21-16-5-7-25(11-16)19(26)13-3-1-12(2-4-13)15-9-14-6-8-27-18(14)17(10-15)20(22,23)24/h1-4,6,8-10,16H,5,7,11H2. The number of rotatable bonds is 2. The fraction of sp³-hybridized carbons (Fsp3) is 0.250. The molecule has 2 aromatic carbocycles. The van der Waals surface area contributed by atoms with Gasteiger partial charge < -0.3 is 9.32 Å². The van der Waals surface area contributed by atoms with Gasteiger partial charge in [0.05, 0.1) is 17.2 Å². The number of furan rings is 1. The minimum Gasteiger partial charge on any atom is -0.464 e. The zero-order valence-corrected chi connectivity index (χ0v) is 14.8. The third-order valence-electron chi connectivity index (χ3n) is 4.74. The van der Waals surface area contributed by atoms with E-state index in [0.29, 0.717) is 35.2 Å². The van der Waals surface area contributed by atoms with Crippen LogP contribution in [0.1, 0.15) is 22.3 Å². The van der Waals surface area contributed by atoms with E-state index in [-0.39, 0.29) is 16.9 Å². The molecule has 0 spiro atoms. The molecule has 3 nitrogen and oxygen atoms in total. The molecule has 1 amide bonds. The summed E-state index contributed by atoms with van der Waals surface area (Å²) in [6, 6.07) is 10.8. The average Bonchev–Trinajstić information content (AvgIpc) is 3.28. The van der Waals surface area contributed by atoms with Gasteiger partial charge in [-0.05, 0) is 47.9 Å². The van der Waals surface area contributed by atoms with E-state index in [4.69, 9.17) is 16.0 Å². The summed E-state index contributed by atoms with van der Waals surface area (Å²) in [5, 5.41) is 0.348. The highest BCUT2D eigenvalue weighted by molar-refractivity contribution is 6.21. The first-order chi connectivity index (χ1) is 12.8. The molecule has 7 heteroatoms. The van der Waals surface area contributed by atoms with Crippen LogP contribution < -0.4 is 0 Å². The largest absolute Gasteiger partial charge is 0.464 e. The lowest BCUT2D eigenvalue weighted by atomic mass is 9.99. The molecule has 1 unspecified atom stereocenters. The van der Waals surface area contributed by atoms with Gasteiger partial charge in [0.15, 0.2) is 0 Å². The fourth-order valence-corrected chi connectivity index (χ4v) is 3.61. The topological polar surface area (TPSA) is 33.5 Å². The van der Waals surface area contributed by atoms with E-state index >= 15 is 0 Å². The Hall–Kier alpha value is -2.47. The van der Waals surface area contributed by atoms with Crippen molar-refractivity contribution in [2.75, 3.05) is 13.1 Å². The molecule has 4 rings (SSSR count). The van der Waals surface area contributed by atoms with E-state index in [2.05, 4.69) is 0 Å². The molecule has 2 heterocycles. The summed E-state index contributed by atoms with van der Waals surface area (Å²) in [6.45, 7) is 1.12. The number of amides is 1. The molecule has 0 radical (unpaired) electrons. The van der Waals surface area contributed by atoms with Crippen molar-refractivity contribution < 1.29 is 22.4 Å². The first-order valence-electron chi connectivity index (χ1n) is 8.45. The number of carbonyl (C=O) groups is 1. The van der Waals surface area contributed by atoms with Crippen molar-refractivity contribution in [3.8, 4) is 11.1 Å². The van der Waals surface area contributed by atoms with Crippen molar-refractivity contribution in [3.63, 3.8) is 0 Å². The quantitative estimate of drug-likeness (QED) is 0.533. The predicted molar refractivity (Wildman–Crippen MR) is 96.8 cm³/mol. The Morgan fingerprint density at radius 3 is 2.48 bits per heavy atom. The summed E-state index contributed by atoms with van der Waals surface area (Å²) >= 11 is 6.04. The van der Waals surface area contributed by atoms with E-state index in [1.54, 1.807) is 35.2 Å². The lowest BCUT2D eigenvalue weighted by Crippen LogP contribution is -2.28. The number of nitrogens with zero attached hydrogens (tertiary/aromatic N) is 1. The van der Waals surface area contributed by atoms with Crippen molar-refractivity contribution in [2.24, 2.45) is 0 Å². The van der Waals surface area contributed by atoms with Crippen LogP contribution in [-0.2, 0) is 6.18 Å². The summed E-state index contributed by atoms with van der Waals surface area (Å²) in [6.07, 6.45) is -2.52. The first-order valence-corrected chi connectivity index (χ1v) is 8.89. The van der Waals surface area contributed by atoms with E-state index in [0.717, 1.165) is 12.5 Å². The Bertz CT molecular complexity index is 995. The van der Waals surface area contributed by atoms with Crippen LogP contribution in [0, 0.1) is 0 Å². The van der Waals surface area contributed by atoms with Gasteiger partial charge in [0.25, 0.3) is 5.91 Å². The van der Waals surface area contributed by atoms with Crippen molar-refractivity contribution in [1.82, 2.24) is 4.90 Å². The molecule has 0 bridgehead atoms. The van der Waals surface area contributed by atoms with Gasteiger partial charge in [-0.3, -0.25) is 4.79 Å². The smallest absolute Gasteiger partial charge is 0.420 e. The van der Waals surface area contributed by atoms with Gasteiger partial charge in [-0.1, -0.05) is 12.1 Å².